The highest BCUT2D eigenvalue weighted by atomic mass is 16.3. The highest BCUT2D eigenvalue weighted by Gasteiger charge is 2.23. The third-order valence-corrected chi connectivity index (χ3v) is 3.07. The Bertz CT molecular complexity index is 297. The van der Waals surface area contributed by atoms with E-state index in [-0.39, 0.29) is 6.10 Å². The maximum atomic E-state index is 9.33. The lowest BCUT2D eigenvalue weighted by atomic mass is 9.99. The Morgan fingerprint density at radius 1 is 1.40 bits per heavy atom. The average Bonchev–Trinajstić information content (AvgIpc) is 2.67. The van der Waals surface area contributed by atoms with Gasteiger partial charge in [0.05, 0.1) is 6.10 Å². The first-order valence-electron chi connectivity index (χ1n) is 5.71. The van der Waals surface area contributed by atoms with Crippen LogP contribution in [0.3, 0.4) is 0 Å². The molecule has 1 aromatic carbocycles. The quantitative estimate of drug-likeness (QED) is 0.814. The summed E-state index contributed by atoms with van der Waals surface area (Å²) in [5.74, 6) is 0.657. The molecule has 1 aromatic rings. The maximum absolute atomic E-state index is 9.33. The van der Waals surface area contributed by atoms with Crippen molar-refractivity contribution in [3.63, 3.8) is 0 Å². The van der Waals surface area contributed by atoms with Gasteiger partial charge in [-0.2, -0.15) is 0 Å². The van der Waals surface area contributed by atoms with Crippen molar-refractivity contribution in [1.29, 1.82) is 0 Å². The second-order valence-corrected chi connectivity index (χ2v) is 4.50. The third kappa shape index (κ3) is 2.80. The number of rotatable bonds is 3. The monoisotopic (exact) mass is 205 g/mol. The van der Waals surface area contributed by atoms with E-state index in [2.05, 4.69) is 35.2 Å². The first-order valence-corrected chi connectivity index (χ1v) is 5.71. The molecule has 1 aliphatic heterocycles. The number of aliphatic hydroxyl groups excluding tert-OH is 1. The topological polar surface area (TPSA) is 23.5 Å². The fraction of sp³-hybridized carbons (Fsp3) is 0.538. The zero-order valence-electron chi connectivity index (χ0n) is 9.26. The molecule has 2 rings (SSSR count). The molecule has 2 heteroatoms. The van der Waals surface area contributed by atoms with Crippen LogP contribution in [0.4, 0.5) is 0 Å². The SMILES string of the molecule is C[C@@H](O)CN1CCC(c2ccccc2)C1. The van der Waals surface area contributed by atoms with Gasteiger partial charge in [-0.3, -0.25) is 0 Å². The number of β-amino-alcohol motifs (C(OH)–C–C–N with tert-alkyl or cyclic N) is 1. The summed E-state index contributed by atoms with van der Waals surface area (Å²) in [6, 6.07) is 10.7. The van der Waals surface area contributed by atoms with E-state index in [4.69, 9.17) is 0 Å². The Morgan fingerprint density at radius 3 is 2.80 bits per heavy atom. The number of aliphatic hydroxyl groups is 1. The molecule has 1 fully saturated rings. The van der Waals surface area contributed by atoms with Crippen molar-refractivity contribution in [2.45, 2.75) is 25.4 Å². The number of likely N-dealkylation sites (tertiary alicyclic amines) is 1. The van der Waals surface area contributed by atoms with Crippen LogP contribution in [0.2, 0.25) is 0 Å². The summed E-state index contributed by atoms with van der Waals surface area (Å²) in [7, 11) is 0. The molecule has 0 amide bonds. The van der Waals surface area contributed by atoms with Crippen LogP contribution in [0.15, 0.2) is 30.3 Å². The van der Waals surface area contributed by atoms with Gasteiger partial charge in [0.2, 0.25) is 0 Å². The molecule has 1 N–H and O–H groups in total. The van der Waals surface area contributed by atoms with Crippen molar-refractivity contribution in [3.8, 4) is 0 Å². The Labute approximate surface area is 91.5 Å². The van der Waals surface area contributed by atoms with Crippen LogP contribution in [-0.4, -0.2) is 35.7 Å². The standard InChI is InChI=1S/C13H19NO/c1-11(15)9-14-8-7-13(10-14)12-5-3-2-4-6-12/h2-6,11,13,15H,7-10H2,1H3/t11-,13?/m1/s1. The second kappa shape index (κ2) is 4.77. The van der Waals surface area contributed by atoms with Crippen molar-refractivity contribution in [3.05, 3.63) is 35.9 Å². The minimum atomic E-state index is -0.209. The summed E-state index contributed by atoms with van der Waals surface area (Å²) in [6.07, 6.45) is 1.01. The zero-order chi connectivity index (χ0) is 10.7. The zero-order valence-corrected chi connectivity index (χ0v) is 9.26. The molecule has 0 saturated carbocycles. The fourth-order valence-electron chi connectivity index (χ4n) is 2.37. The summed E-state index contributed by atoms with van der Waals surface area (Å²) in [5, 5.41) is 9.33. The minimum Gasteiger partial charge on any atom is -0.392 e. The van der Waals surface area contributed by atoms with E-state index in [0.717, 1.165) is 19.6 Å². The number of nitrogens with zero attached hydrogens (tertiary/aromatic N) is 1. The summed E-state index contributed by atoms with van der Waals surface area (Å²) in [6.45, 7) is 4.87. The average molecular weight is 205 g/mol. The highest BCUT2D eigenvalue weighted by Crippen LogP contribution is 2.26. The van der Waals surface area contributed by atoms with Gasteiger partial charge in [-0.25, -0.2) is 0 Å². The van der Waals surface area contributed by atoms with Crippen LogP contribution in [0, 0.1) is 0 Å². The molecule has 1 aliphatic rings. The Kier molecular flexibility index (Phi) is 3.39. The molecule has 0 bridgehead atoms. The predicted molar refractivity (Wildman–Crippen MR) is 61.9 cm³/mol. The molecule has 15 heavy (non-hydrogen) atoms. The summed E-state index contributed by atoms with van der Waals surface area (Å²) >= 11 is 0. The van der Waals surface area contributed by atoms with Crippen molar-refractivity contribution < 1.29 is 5.11 Å². The number of hydrogen-bond acceptors (Lipinski definition) is 2. The number of benzene rings is 1. The van der Waals surface area contributed by atoms with E-state index in [1.54, 1.807) is 0 Å². The normalized spacial score (nSPS) is 24.3. The van der Waals surface area contributed by atoms with Gasteiger partial charge < -0.3 is 10.0 Å². The van der Waals surface area contributed by atoms with E-state index in [0.29, 0.717) is 5.92 Å². The van der Waals surface area contributed by atoms with E-state index in [1.165, 1.54) is 12.0 Å². The molecular weight excluding hydrogens is 186 g/mol. The van der Waals surface area contributed by atoms with E-state index >= 15 is 0 Å². The minimum absolute atomic E-state index is 0.209. The van der Waals surface area contributed by atoms with Gasteiger partial charge >= 0.3 is 0 Å². The lowest BCUT2D eigenvalue weighted by Crippen LogP contribution is -2.28. The van der Waals surface area contributed by atoms with Crippen LogP contribution in [0.1, 0.15) is 24.8 Å². The molecule has 2 nitrogen and oxygen atoms in total. The lowest BCUT2D eigenvalue weighted by Gasteiger charge is -2.17. The largest absolute Gasteiger partial charge is 0.392 e. The summed E-state index contributed by atoms with van der Waals surface area (Å²) in [4.78, 5) is 2.35. The van der Waals surface area contributed by atoms with E-state index in [1.807, 2.05) is 6.92 Å². The van der Waals surface area contributed by atoms with Crippen LogP contribution in [0.25, 0.3) is 0 Å². The maximum Gasteiger partial charge on any atom is 0.0639 e. The van der Waals surface area contributed by atoms with E-state index < -0.39 is 0 Å². The molecule has 1 heterocycles. The summed E-state index contributed by atoms with van der Waals surface area (Å²) in [5.41, 5.74) is 1.44. The molecule has 1 unspecified atom stereocenters. The molecule has 0 radical (unpaired) electrons. The van der Waals surface area contributed by atoms with Crippen molar-refractivity contribution in [2.24, 2.45) is 0 Å². The Hall–Kier alpha value is -0.860. The van der Waals surface area contributed by atoms with Crippen molar-refractivity contribution in [1.82, 2.24) is 4.90 Å². The molecule has 2 atom stereocenters. The smallest absolute Gasteiger partial charge is 0.0639 e. The van der Waals surface area contributed by atoms with Gasteiger partial charge in [0, 0.05) is 13.1 Å². The second-order valence-electron chi connectivity index (χ2n) is 4.50. The van der Waals surface area contributed by atoms with Gasteiger partial charge in [-0.05, 0) is 31.4 Å². The molecular formula is C13H19NO. The third-order valence-electron chi connectivity index (χ3n) is 3.07. The molecule has 0 aromatic heterocycles. The van der Waals surface area contributed by atoms with Gasteiger partial charge in [0.1, 0.15) is 0 Å². The van der Waals surface area contributed by atoms with Crippen molar-refractivity contribution >= 4 is 0 Å². The van der Waals surface area contributed by atoms with Gasteiger partial charge in [0.15, 0.2) is 0 Å². The highest BCUT2D eigenvalue weighted by molar-refractivity contribution is 5.20. The predicted octanol–water partition coefficient (Wildman–Crippen LogP) is 1.86. The Morgan fingerprint density at radius 2 is 2.13 bits per heavy atom. The van der Waals surface area contributed by atoms with Crippen LogP contribution in [-0.2, 0) is 0 Å². The molecule has 0 spiro atoms. The van der Waals surface area contributed by atoms with Crippen LogP contribution in [0.5, 0.6) is 0 Å². The van der Waals surface area contributed by atoms with Gasteiger partial charge in [-0.15, -0.1) is 0 Å². The first-order chi connectivity index (χ1) is 7.25. The van der Waals surface area contributed by atoms with E-state index in [9.17, 15) is 5.11 Å². The van der Waals surface area contributed by atoms with Gasteiger partial charge in [0.25, 0.3) is 0 Å². The lowest BCUT2D eigenvalue weighted by molar-refractivity contribution is 0.140. The molecule has 0 aliphatic carbocycles. The fourth-order valence-corrected chi connectivity index (χ4v) is 2.37. The number of hydrogen-bond donors (Lipinski definition) is 1. The van der Waals surface area contributed by atoms with Crippen LogP contribution < -0.4 is 0 Å². The van der Waals surface area contributed by atoms with Gasteiger partial charge in [-0.1, -0.05) is 30.3 Å². The molecule has 82 valence electrons. The Balaban J connectivity index is 1.93. The van der Waals surface area contributed by atoms with Crippen molar-refractivity contribution in [2.75, 3.05) is 19.6 Å². The molecule has 1 saturated heterocycles. The first kappa shape index (κ1) is 10.7. The summed E-state index contributed by atoms with van der Waals surface area (Å²) < 4.78 is 0. The van der Waals surface area contributed by atoms with Crippen LogP contribution >= 0.6 is 0 Å².